The molecule has 3 N–H and O–H groups in total. The minimum Gasteiger partial charge on any atom is -0.369 e. The summed E-state index contributed by atoms with van der Waals surface area (Å²) in [7, 11) is 0. The van der Waals surface area contributed by atoms with Gasteiger partial charge in [0, 0.05) is 31.6 Å². The molecular weight excluding hydrogens is 252 g/mol. The third kappa shape index (κ3) is 1.62. The first kappa shape index (κ1) is 11.6. The van der Waals surface area contributed by atoms with Crippen molar-refractivity contribution >= 4 is 23.2 Å². The zero-order chi connectivity index (χ0) is 12.8. The molecule has 2 fully saturated rings. The van der Waals surface area contributed by atoms with Crippen molar-refractivity contribution < 1.29 is 9.59 Å². The molecule has 96 valence electrons. The van der Waals surface area contributed by atoms with Crippen LogP contribution in [0.15, 0.2) is 11.7 Å². The van der Waals surface area contributed by atoms with E-state index in [9.17, 15) is 9.59 Å². The summed E-state index contributed by atoms with van der Waals surface area (Å²) in [4.78, 5) is 30.0. The lowest BCUT2D eigenvalue weighted by molar-refractivity contribution is -0.125. The maximum Gasteiger partial charge on any atom is 0.265 e. The number of nitrogens with zero attached hydrogens (tertiary/aromatic N) is 2. The number of primary amides is 1. The smallest absolute Gasteiger partial charge is 0.265 e. The number of aromatic nitrogens is 1. The van der Waals surface area contributed by atoms with Gasteiger partial charge < -0.3 is 16.0 Å². The Morgan fingerprint density at radius 1 is 1.56 bits per heavy atom. The fraction of sp³-hybridized carbons (Fsp3) is 0.545. The molecule has 2 aliphatic heterocycles. The molecule has 0 aromatic carbocycles. The molecule has 1 unspecified atom stereocenters. The van der Waals surface area contributed by atoms with E-state index in [4.69, 9.17) is 5.73 Å². The molecule has 18 heavy (non-hydrogen) atoms. The van der Waals surface area contributed by atoms with E-state index in [2.05, 4.69) is 10.3 Å². The van der Waals surface area contributed by atoms with Crippen molar-refractivity contribution in [3.63, 3.8) is 0 Å². The highest BCUT2D eigenvalue weighted by atomic mass is 32.1. The number of likely N-dealkylation sites (tertiary alicyclic amines) is 1. The van der Waals surface area contributed by atoms with E-state index < -0.39 is 0 Å². The summed E-state index contributed by atoms with van der Waals surface area (Å²) < 4.78 is 0. The van der Waals surface area contributed by atoms with Crippen LogP contribution in [-0.4, -0.2) is 47.9 Å². The topological polar surface area (TPSA) is 88.3 Å². The molecule has 6 nitrogen and oxygen atoms in total. The molecule has 1 aromatic rings. The standard InChI is InChI=1S/C11H14N4O2S/c12-9(16)7-2-15(5-11(7)3-14-4-11)10(17)8-1-13-6-18-8/h1,6-7,14H,2-5H2,(H2,12,16). The number of thiazole rings is 1. The lowest BCUT2D eigenvalue weighted by Crippen LogP contribution is -2.60. The van der Waals surface area contributed by atoms with Gasteiger partial charge in [-0.3, -0.25) is 14.6 Å². The number of carbonyl (C=O) groups is 2. The fourth-order valence-electron chi connectivity index (χ4n) is 2.80. The van der Waals surface area contributed by atoms with Crippen LogP contribution in [0.3, 0.4) is 0 Å². The first-order valence-electron chi connectivity index (χ1n) is 5.80. The van der Waals surface area contributed by atoms with Crippen LogP contribution in [0.5, 0.6) is 0 Å². The molecule has 2 aliphatic rings. The molecule has 1 aromatic heterocycles. The van der Waals surface area contributed by atoms with E-state index in [-0.39, 0.29) is 23.1 Å². The molecule has 0 aliphatic carbocycles. The van der Waals surface area contributed by atoms with Crippen LogP contribution in [-0.2, 0) is 4.79 Å². The summed E-state index contributed by atoms with van der Waals surface area (Å²) in [6.07, 6.45) is 1.57. The Kier molecular flexibility index (Phi) is 2.60. The van der Waals surface area contributed by atoms with E-state index in [1.807, 2.05) is 0 Å². The second-order valence-electron chi connectivity index (χ2n) is 4.97. The first-order valence-corrected chi connectivity index (χ1v) is 6.68. The molecular formula is C11H14N4O2S. The third-order valence-corrected chi connectivity index (χ3v) is 4.64. The van der Waals surface area contributed by atoms with Gasteiger partial charge in [-0.2, -0.15) is 0 Å². The lowest BCUT2D eigenvalue weighted by Gasteiger charge is -2.42. The van der Waals surface area contributed by atoms with E-state index >= 15 is 0 Å². The Bertz CT molecular complexity index is 483. The highest BCUT2D eigenvalue weighted by Gasteiger charge is 2.54. The summed E-state index contributed by atoms with van der Waals surface area (Å²) in [5, 5.41) is 3.17. The molecule has 1 atom stereocenters. The second-order valence-corrected chi connectivity index (χ2v) is 5.86. The van der Waals surface area contributed by atoms with Gasteiger partial charge in [0.1, 0.15) is 4.88 Å². The predicted molar refractivity (Wildman–Crippen MR) is 66.0 cm³/mol. The van der Waals surface area contributed by atoms with E-state index in [0.29, 0.717) is 18.0 Å². The van der Waals surface area contributed by atoms with Crippen molar-refractivity contribution in [2.75, 3.05) is 26.2 Å². The van der Waals surface area contributed by atoms with Gasteiger partial charge in [-0.15, -0.1) is 11.3 Å². The minimum atomic E-state index is -0.309. The van der Waals surface area contributed by atoms with Crippen molar-refractivity contribution in [1.29, 1.82) is 0 Å². The van der Waals surface area contributed by atoms with Crippen molar-refractivity contribution in [3.8, 4) is 0 Å². The lowest BCUT2D eigenvalue weighted by atomic mass is 9.73. The van der Waals surface area contributed by atoms with Gasteiger partial charge in [0.15, 0.2) is 0 Å². The fourth-order valence-corrected chi connectivity index (χ4v) is 3.38. The van der Waals surface area contributed by atoms with Gasteiger partial charge in [-0.05, 0) is 0 Å². The minimum absolute atomic E-state index is 0.0486. The molecule has 7 heteroatoms. The summed E-state index contributed by atoms with van der Waals surface area (Å²) in [5.74, 6) is -0.598. The Balaban J connectivity index is 1.81. The molecule has 2 amide bonds. The number of hydrogen-bond acceptors (Lipinski definition) is 5. The van der Waals surface area contributed by atoms with E-state index in [0.717, 1.165) is 13.1 Å². The number of amides is 2. The van der Waals surface area contributed by atoms with Gasteiger partial charge in [0.05, 0.1) is 17.6 Å². The average Bonchev–Trinajstić information content (AvgIpc) is 2.94. The zero-order valence-corrected chi connectivity index (χ0v) is 10.6. The maximum absolute atomic E-state index is 12.2. The van der Waals surface area contributed by atoms with Gasteiger partial charge in [-0.1, -0.05) is 0 Å². The van der Waals surface area contributed by atoms with Gasteiger partial charge in [0.25, 0.3) is 5.91 Å². The summed E-state index contributed by atoms with van der Waals surface area (Å²) in [6, 6.07) is 0. The SMILES string of the molecule is NC(=O)C1CN(C(=O)c2cncs2)CC12CNC2. The van der Waals surface area contributed by atoms with Gasteiger partial charge >= 0.3 is 0 Å². The quantitative estimate of drug-likeness (QED) is 0.740. The van der Waals surface area contributed by atoms with Crippen LogP contribution in [0.2, 0.25) is 0 Å². The Morgan fingerprint density at radius 2 is 2.33 bits per heavy atom. The Morgan fingerprint density at radius 3 is 2.78 bits per heavy atom. The van der Waals surface area contributed by atoms with Crippen molar-refractivity contribution in [3.05, 3.63) is 16.6 Å². The van der Waals surface area contributed by atoms with Crippen LogP contribution in [0.1, 0.15) is 9.67 Å². The van der Waals surface area contributed by atoms with Crippen molar-refractivity contribution in [2.45, 2.75) is 0 Å². The molecule has 3 heterocycles. The highest BCUT2D eigenvalue weighted by molar-refractivity contribution is 7.11. The monoisotopic (exact) mass is 266 g/mol. The van der Waals surface area contributed by atoms with Gasteiger partial charge in [0.2, 0.25) is 5.91 Å². The molecule has 1 spiro atoms. The number of rotatable bonds is 2. The van der Waals surface area contributed by atoms with E-state index in [1.54, 1.807) is 16.6 Å². The van der Waals surface area contributed by atoms with E-state index in [1.165, 1.54) is 11.3 Å². The third-order valence-electron chi connectivity index (χ3n) is 3.88. The number of carbonyl (C=O) groups excluding carboxylic acids is 2. The highest BCUT2D eigenvalue weighted by Crippen LogP contribution is 2.39. The van der Waals surface area contributed by atoms with Crippen LogP contribution in [0, 0.1) is 11.3 Å². The van der Waals surface area contributed by atoms with Gasteiger partial charge in [-0.25, -0.2) is 0 Å². The van der Waals surface area contributed by atoms with Crippen molar-refractivity contribution in [2.24, 2.45) is 17.1 Å². The first-order chi connectivity index (χ1) is 8.62. The van der Waals surface area contributed by atoms with Crippen molar-refractivity contribution in [1.82, 2.24) is 15.2 Å². The maximum atomic E-state index is 12.2. The molecule has 0 radical (unpaired) electrons. The average molecular weight is 266 g/mol. The van der Waals surface area contributed by atoms with Crippen LogP contribution >= 0.6 is 11.3 Å². The largest absolute Gasteiger partial charge is 0.369 e. The molecule has 0 bridgehead atoms. The molecule has 3 rings (SSSR count). The number of nitrogens with two attached hydrogens (primary N) is 1. The normalized spacial score (nSPS) is 25.1. The summed E-state index contributed by atoms with van der Waals surface area (Å²) >= 11 is 1.32. The van der Waals surface area contributed by atoms with Crippen LogP contribution in [0.25, 0.3) is 0 Å². The van der Waals surface area contributed by atoms with Crippen LogP contribution in [0.4, 0.5) is 0 Å². The Labute approximate surface area is 108 Å². The number of hydrogen-bond donors (Lipinski definition) is 2. The van der Waals surface area contributed by atoms with Crippen LogP contribution < -0.4 is 11.1 Å². The predicted octanol–water partition coefficient (Wildman–Crippen LogP) is -0.710. The summed E-state index contributed by atoms with van der Waals surface area (Å²) in [5.41, 5.74) is 6.94. The number of nitrogens with one attached hydrogen (secondary N) is 1. The second kappa shape index (κ2) is 4.03. The molecule has 0 saturated carbocycles. The Hall–Kier alpha value is -1.47. The summed E-state index contributed by atoms with van der Waals surface area (Å²) in [6.45, 7) is 2.54. The zero-order valence-electron chi connectivity index (χ0n) is 9.76. The molecule has 2 saturated heterocycles.